The summed E-state index contributed by atoms with van der Waals surface area (Å²) in [5.74, 6) is -1.63. The molecule has 1 N–H and O–H groups in total. The van der Waals surface area contributed by atoms with E-state index in [0.29, 0.717) is 11.3 Å². The van der Waals surface area contributed by atoms with Crippen molar-refractivity contribution in [3.05, 3.63) is 64.7 Å². The van der Waals surface area contributed by atoms with E-state index in [9.17, 15) is 14.4 Å². The number of carbonyl (C=O) groups excluding carboxylic acids is 3. The maximum absolute atomic E-state index is 11.9. The molecular weight excluding hydrogens is 346 g/mol. The number of carbonyl (C=O) groups is 3. The maximum atomic E-state index is 11.9. The summed E-state index contributed by atoms with van der Waals surface area (Å²) >= 11 is 5.89. The number of ether oxygens (including phenoxy) is 2. The van der Waals surface area contributed by atoms with Gasteiger partial charge in [-0.1, -0.05) is 23.7 Å². The van der Waals surface area contributed by atoms with Gasteiger partial charge in [-0.25, -0.2) is 9.59 Å². The largest absolute Gasteiger partial charge is 0.462 e. The van der Waals surface area contributed by atoms with Gasteiger partial charge in [0.1, 0.15) is 0 Å². The third-order valence-electron chi connectivity index (χ3n) is 3.11. The predicted molar refractivity (Wildman–Crippen MR) is 92.8 cm³/mol. The van der Waals surface area contributed by atoms with E-state index in [1.54, 1.807) is 37.3 Å². The first-order valence-electron chi connectivity index (χ1n) is 7.50. The summed E-state index contributed by atoms with van der Waals surface area (Å²) in [4.78, 5) is 35.2. The Bertz CT molecular complexity index is 773. The number of halogens is 1. The van der Waals surface area contributed by atoms with Crippen LogP contribution < -0.4 is 5.32 Å². The van der Waals surface area contributed by atoms with Crippen LogP contribution in [0.1, 0.15) is 27.6 Å². The van der Waals surface area contributed by atoms with Gasteiger partial charge < -0.3 is 14.8 Å². The molecule has 0 saturated heterocycles. The van der Waals surface area contributed by atoms with E-state index >= 15 is 0 Å². The quantitative estimate of drug-likeness (QED) is 0.798. The molecule has 7 heteroatoms. The summed E-state index contributed by atoms with van der Waals surface area (Å²) in [6.07, 6.45) is 0. The molecule has 2 rings (SSSR count). The first-order valence-corrected chi connectivity index (χ1v) is 7.87. The van der Waals surface area contributed by atoms with Gasteiger partial charge in [0, 0.05) is 5.69 Å². The first-order chi connectivity index (χ1) is 12.0. The minimum atomic E-state index is -0.682. The third kappa shape index (κ3) is 5.32. The number of hydrogen-bond acceptors (Lipinski definition) is 5. The molecule has 2 aromatic carbocycles. The van der Waals surface area contributed by atoms with Crippen LogP contribution in [-0.2, 0) is 14.3 Å². The topological polar surface area (TPSA) is 81.7 Å². The Morgan fingerprint density at radius 3 is 2.28 bits per heavy atom. The van der Waals surface area contributed by atoms with Crippen molar-refractivity contribution in [1.82, 2.24) is 0 Å². The van der Waals surface area contributed by atoms with Crippen LogP contribution in [0.25, 0.3) is 0 Å². The highest BCUT2D eigenvalue weighted by molar-refractivity contribution is 6.33. The standard InChI is InChI=1S/C18H16ClNO5/c1-2-24-17(22)12-7-9-13(10-8-12)20-16(21)11-25-18(23)14-5-3-4-6-15(14)19/h3-10H,2,11H2,1H3,(H,20,21). The van der Waals surface area contributed by atoms with Crippen LogP contribution in [0.3, 0.4) is 0 Å². The van der Waals surface area contributed by atoms with Crippen LogP contribution in [0.4, 0.5) is 5.69 Å². The maximum Gasteiger partial charge on any atom is 0.340 e. The summed E-state index contributed by atoms with van der Waals surface area (Å²) in [5.41, 5.74) is 1.03. The molecule has 0 radical (unpaired) electrons. The van der Waals surface area contributed by atoms with Gasteiger partial charge in [-0.15, -0.1) is 0 Å². The van der Waals surface area contributed by atoms with Crippen LogP contribution in [0.15, 0.2) is 48.5 Å². The molecule has 0 aliphatic carbocycles. The lowest BCUT2D eigenvalue weighted by Gasteiger charge is -2.08. The molecule has 0 aliphatic rings. The van der Waals surface area contributed by atoms with Crippen molar-refractivity contribution in [3.63, 3.8) is 0 Å². The molecule has 0 heterocycles. The predicted octanol–water partition coefficient (Wildman–Crippen LogP) is 3.31. The normalized spacial score (nSPS) is 10.0. The Labute approximate surface area is 149 Å². The molecular formula is C18H16ClNO5. The Morgan fingerprint density at radius 2 is 1.64 bits per heavy atom. The van der Waals surface area contributed by atoms with Gasteiger partial charge in [0.15, 0.2) is 6.61 Å². The lowest BCUT2D eigenvalue weighted by Crippen LogP contribution is -2.21. The van der Waals surface area contributed by atoms with Crippen LogP contribution in [-0.4, -0.2) is 31.1 Å². The molecule has 0 spiro atoms. The zero-order chi connectivity index (χ0) is 18.2. The van der Waals surface area contributed by atoms with Crippen molar-refractivity contribution in [2.24, 2.45) is 0 Å². The molecule has 1 amide bonds. The average Bonchev–Trinajstić information content (AvgIpc) is 2.61. The van der Waals surface area contributed by atoms with Crippen molar-refractivity contribution in [1.29, 1.82) is 0 Å². The molecule has 130 valence electrons. The minimum Gasteiger partial charge on any atom is -0.462 e. The van der Waals surface area contributed by atoms with Crippen molar-refractivity contribution < 1.29 is 23.9 Å². The van der Waals surface area contributed by atoms with E-state index in [-0.39, 0.29) is 17.2 Å². The third-order valence-corrected chi connectivity index (χ3v) is 3.44. The van der Waals surface area contributed by atoms with Gasteiger partial charge in [0.2, 0.25) is 0 Å². The second kappa shape index (κ2) is 8.84. The van der Waals surface area contributed by atoms with Crippen molar-refractivity contribution in [2.75, 3.05) is 18.5 Å². The number of esters is 2. The Morgan fingerprint density at radius 1 is 0.960 bits per heavy atom. The minimum absolute atomic E-state index is 0.191. The lowest BCUT2D eigenvalue weighted by atomic mass is 10.2. The van der Waals surface area contributed by atoms with Gasteiger partial charge in [0.05, 0.1) is 22.8 Å². The fraction of sp³-hybridized carbons (Fsp3) is 0.167. The summed E-state index contributed by atoms with van der Waals surface area (Å²) < 4.78 is 9.80. The van der Waals surface area contributed by atoms with Gasteiger partial charge in [-0.05, 0) is 43.3 Å². The van der Waals surface area contributed by atoms with E-state index in [0.717, 1.165) is 0 Å². The molecule has 0 atom stereocenters. The second-order valence-electron chi connectivity index (χ2n) is 4.90. The zero-order valence-electron chi connectivity index (χ0n) is 13.5. The molecule has 0 bridgehead atoms. The first kappa shape index (κ1) is 18.5. The average molecular weight is 362 g/mol. The van der Waals surface area contributed by atoms with Gasteiger partial charge in [-0.2, -0.15) is 0 Å². The summed E-state index contributed by atoms with van der Waals surface area (Å²) in [6, 6.07) is 12.6. The van der Waals surface area contributed by atoms with E-state index in [4.69, 9.17) is 21.1 Å². The van der Waals surface area contributed by atoms with E-state index < -0.39 is 24.5 Å². The van der Waals surface area contributed by atoms with Crippen molar-refractivity contribution in [3.8, 4) is 0 Å². The molecule has 0 aliphatic heterocycles. The van der Waals surface area contributed by atoms with Crippen LogP contribution in [0.2, 0.25) is 5.02 Å². The fourth-order valence-electron chi connectivity index (χ4n) is 1.94. The van der Waals surface area contributed by atoms with Crippen molar-refractivity contribution >= 4 is 35.1 Å². The number of rotatable bonds is 6. The highest BCUT2D eigenvalue weighted by Gasteiger charge is 2.13. The Kier molecular flexibility index (Phi) is 6.54. The molecule has 0 fully saturated rings. The molecule has 0 aromatic heterocycles. The smallest absolute Gasteiger partial charge is 0.340 e. The van der Waals surface area contributed by atoms with Crippen LogP contribution in [0.5, 0.6) is 0 Å². The van der Waals surface area contributed by atoms with Gasteiger partial charge in [0.25, 0.3) is 5.91 Å². The Balaban J connectivity index is 1.87. The van der Waals surface area contributed by atoms with E-state index in [2.05, 4.69) is 5.32 Å². The number of benzene rings is 2. The summed E-state index contributed by atoms with van der Waals surface area (Å²) in [6.45, 7) is 1.55. The molecule has 25 heavy (non-hydrogen) atoms. The molecule has 0 saturated carbocycles. The lowest BCUT2D eigenvalue weighted by molar-refractivity contribution is -0.119. The fourth-order valence-corrected chi connectivity index (χ4v) is 2.15. The van der Waals surface area contributed by atoms with Crippen molar-refractivity contribution in [2.45, 2.75) is 6.92 Å². The zero-order valence-corrected chi connectivity index (χ0v) is 14.2. The van der Waals surface area contributed by atoms with E-state index in [1.165, 1.54) is 18.2 Å². The summed E-state index contributed by atoms with van der Waals surface area (Å²) in [7, 11) is 0. The number of nitrogens with one attached hydrogen (secondary N) is 1. The van der Waals surface area contributed by atoms with Crippen LogP contribution >= 0.6 is 11.6 Å². The number of hydrogen-bond donors (Lipinski definition) is 1. The summed E-state index contributed by atoms with van der Waals surface area (Å²) in [5, 5.41) is 2.81. The second-order valence-corrected chi connectivity index (χ2v) is 5.31. The van der Waals surface area contributed by atoms with E-state index in [1.807, 2.05) is 0 Å². The number of anilines is 1. The monoisotopic (exact) mass is 361 g/mol. The molecule has 2 aromatic rings. The van der Waals surface area contributed by atoms with Gasteiger partial charge in [-0.3, -0.25) is 4.79 Å². The highest BCUT2D eigenvalue weighted by Crippen LogP contribution is 2.16. The SMILES string of the molecule is CCOC(=O)c1ccc(NC(=O)COC(=O)c2ccccc2Cl)cc1. The Hall–Kier alpha value is -2.86. The number of amides is 1. The molecule has 0 unspecified atom stereocenters. The van der Waals surface area contributed by atoms with Gasteiger partial charge >= 0.3 is 11.9 Å². The highest BCUT2D eigenvalue weighted by atomic mass is 35.5. The van der Waals surface area contributed by atoms with Crippen LogP contribution in [0, 0.1) is 0 Å². The molecule has 6 nitrogen and oxygen atoms in total.